The van der Waals surface area contributed by atoms with Gasteiger partial charge < -0.3 is 9.84 Å². The lowest BCUT2D eigenvalue weighted by molar-refractivity contribution is 0.0691. The number of carboxylic acids is 1. The normalized spacial score (nSPS) is 11.2. The molecule has 0 radical (unpaired) electrons. The van der Waals surface area contributed by atoms with Crippen LogP contribution in [0, 0.1) is 5.82 Å². The van der Waals surface area contributed by atoms with Gasteiger partial charge in [0.2, 0.25) is 0 Å². The molecule has 0 aliphatic heterocycles. The molecule has 0 aromatic heterocycles. The van der Waals surface area contributed by atoms with Crippen LogP contribution < -0.4 is 4.74 Å². The van der Waals surface area contributed by atoms with Crippen molar-refractivity contribution in [3.63, 3.8) is 0 Å². The average Bonchev–Trinajstić information content (AvgIpc) is 2.18. The van der Waals surface area contributed by atoms with Crippen molar-refractivity contribution in [2.45, 2.75) is 11.8 Å². The number of carbonyl (C=O) groups is 1. The smallest absolute Gasteiger partial charge is 0.339 e. The highest BCUT2D eigenvalue weighted by Gasteiger charge is 2.22. The number of ether oxygens (including phenoxy) is 1. The molecule has 0 atom stereocenters. The Morgan fingerprint density at radius 3 is 2.53 bits per heavy atom. The van der Waals surface area contributed by atoms with Crippen LogP contribution in [-0.4, -0.2) is 26.1 Å². The Morgan fingerprint density at radius 2 is 2.12 bits per heavy atom. The van der Waals surface area contributed by atoms with Crippen LogP contribution in [0.15, 0.2) is 17.0 Å². The highest BCUT2D eigenvalue weighted by Crippen LogP contribution is 2.28. The lowest BCUT2D eigenvalue weighted by Crippen LogP contribution is -2.07. The van der Waals surface area contributed by atoms with E-state index in [1.807, 2.05) is 0 Å². The Morgan fingerprint density at radius 1 is 1.53 bits per heavy atom. The molecule has 0 aliphatic carbocycles. The monoisotopic (exact) mass is 282 g/mol. The molecule has 0 aliphatic rings. The quantitative estimate of drug-likeness (QED) is 0.853. The Bertz CT molecular complexity index is 555. The highest BCUT2D eigenvalue weighted by atomic mass is 35.7. The van der Waals surface area contributed by atoms with Gasteiger partial charge in [-0.1, -0.05) is 0 Å². The molecule has 0 heterocycles. The standard InChI is InChI=1S/C9H8ClFO5S/c1-2-16-8-6(9(12)13)3-5(4-7(8)11)17(10,14)15/h3-4H,2H2,1H3,(H,12,13). The van der Waals surface area contributed by atoms with Gasteiger partial charge in [-0.15, -0.1) is 0 Å². The van der Waals surface area contributed by atoms with Gasteiger partial charge in [0.25, 0.3) is 9.05 Å². The molecule has 0 saturated heterocycles. The number of carboxylic acid groups (broad SMARTS) is 1. The van der Waals surface area contributed by atoms with Gasteiger partial charge in [0.05, 0.1) is 11.5 Å². The van der Waals surface area contributed by atoms with Gasteiger partial charge in [0.1, 0.15) is 5.56 Å². The van der Waals surface area contributed by atoms with E-state index in [4.69, 9.17) is 20.5 Å². The number of aromatic carboxylic acids is 1. The van der Waals surface area contributed by atoms with Crippen molar-refractivity contribution in [2.24, 2.45) is 0 Å². The van der Waals surface area contributed by atoms with Crippen molar-refractivity contribution < 1.29 is 27.4 Å². The first kappa shape index (κ1) is 13.7. The van der Waals surface area contributed by atoms with Gasteiger partial charge in [0, 0.05) is 10.7 Å². The van der Waals surface area contributed by atoms with Crippen molar-refractivity contribution in [3.05, 3.63) is 23.5 Å². The number of hydrogen-bond donors (Lipinski definition) is 1. The summed E-state index contributed by atoms with van der Waals surface area (Å²) >= 11 is 0. The molecule has 8 heteroatoms. The van der Waals surface area contributed by atoms with Gasteiger partial charge in [0.15, 0.2) is 11.6 Å². The van der Waals surface area contributed by atoms with Crippen LogP contribution in [0.2, 0.25) is 0 Å². The third kappa shape index (κ3) is 3.07. The summed E-state index contributed by atoms with van der Waals surface area (Å²) in [4.78, 5) is 10.2. The Balaban J connectivity index is 3.52. The summed E-state index contributed by atoms with van der Waals surface area (Å²) in [5.74, 6) is -3.11. The van der Waals surface area contributed by atoms with Crippen molar-refractivity contribution >= 4 is 25.7 Å². The second-order valence-electron chi connectivity index (χ2n) is 2.96. The number of rotatable bonds is 4. The molecule has 0 spiro atoms. The molecular weight excluding hydrogens is 275 g/mol. The third-order valence-corrected chi connectivity index (χ3v) is 3.15. The maximum Gasteiger partial charge on any atom is 0.339 e. The zero-order chi connectivity index (χ0) is 13.2. The topological polar surface area (TPSA) is 80.7 Å². The summed E-state index contributed by atoms with van der Waals surface area (Å²) in [6.45, 7) is 1.58. The maximum absolute atomic E-state index is 13.5. The van der Waals surface area contributed by atoms with Crippen LogP contribution in [0.4, 0.5) is 4.39 Å². The third-order valence-electron chi connectivity index (χ3n) is 1.82. The van der Waals surface area contributed by atoms with Crippen LogP contribution in [0.5, 0.6) is 5.75 Å². The summed E-state index contributed by atoms with van der Waals surface area (Å²) in [6, 6.07) is 1.36. The minimum atomic E-state index is -4.20. The molecule has 17 heavy (non-hydrogen) atoms. The molecule has 94 valence electrons. The van der Waals surface area contributed by atoms with Crippen LogP contribution in [0.1, 0.15) is 17.3 Å². The van der Waals surface area contributed by atoms with Gasteiger partial charge in [-0.2, -0.15) is 0 Å². The highest BCUT2D eigenvalue weighted by molar-refractivity contribution is 8.13. The summed E-state index contributed by atoms with van der Waals surface area (Å²) in [6.07, 6.45) is 0. The number of benzene rings is 1. The SMILES string of the molecule is CCOc1c(F)cc(S(=O)(=O)Cl)cc1C(=O)O. The molecule has 1 aromatic rings. The van der Waals surface area contributed by atoms with E-state index in [1.54, 1.807) is 0 Å². The summed E-state index contributed by atoms with van der Waals surface area (Å²) < 4.78 is 40.3. The molecule has 1 rings (SSSR count). The maximum atomic E-state index is 13.5. The second-order valence-corrected chi connectivity index (χ2v) is 5.52. The first-order valence-corrected chi connectivity index (χ1v) is 6.72. The zero-order valence-electron chi connectivity index (χ0n) is 8.61. The first-order valence-electron chi connectivity index (χ1n) is 4.41. The molecule has 1 aromatic carbocycles. The Labute approximate surface area is 101 Å². The second kappa shape index (κ2) is 4.89. The van der Waals surface area contributed by atoms with E-state index in [0.29, 0.717) is 6.07 Å². The fourth-order valence-corrected chi connectivity index (χ4v) is 1.93. The number of hydrogen-bond acceptors (Lipinski definition) is 4. The van der Waals surface area contributed by atoms with Gasteiger partial charge in [-0.05, 0) is 19.1 Å². The van der Waals surface area contributed by atoms with Gasteiger partial charge in [-0.3, -0.25) is 0 Å². The lowest BCUT2D eigenvalue weighted by Gasteiger charge is -2.09. The zero-order valence-corrected chi connectivity index (χ0v) is 10.2. The molecule has 0 saturated carbocycles. The predicted octanol–water partition coefficient (Wildman–Crippen LogP) is 1.85. The van der Waals surface area contributed by atoms with E-state index in [0.717, 1.165) is 6.07 Å². The summed E-state index contributed by atoms with van der Waals surface area (Å²) in [7, 11) is 0.809. The minimum absolute atomic E-state index is 0.0458. The van der Waals surface area contributed by atoms with Crippen LogP contribution in [0.3, 0.4) is 0 Å². The molecular formula is C9H8ClFO5S. The van der Waals surface area contributed by atoms with E-state index < -0.39 is 37.0 Å². The van der Waals surface area contributed by atoms with Crippen molar-refractivity contribution in [1.82, 2.24) is 0 Å². The summed E-state index contributed by atoms with van der Waals surface area (Å²) in [5, 5.41) is 8.82. The summed E-state index contributed by atoms with van der Waals surface area (Å²) in [5.41, 5.74) is -0.592. The van der Waals surface area contributed by atoms with Crippen molar-refractivity contribution in [2.75, 3.05) is 6.61 Å². The van der Waals surface area contributed by atoms with Crippen LogP contribution in [-0.2, 0) is 9.05 Å². The molecule has 0 bridgehead atoms. The Kier molecular flexibility index (Phi) is 3.94. The van der Waals surface area contributed by atoms with Crippen molar-refractivity contribution in [3.8, 4) is 5.75 Å². The van der Waals surface area contributed by atoms with E-state index in [9.17, 15) is 17.6 Å². The molecule has 1 N–H and O–H groups in total. The molecule has 0 amide bonds. The van der Waals surface area contributed by atoms with Crippen LogP contribution >= 0.6 is 10.7 Å². The van der Waals surface area contributed by atoms with E-state index in [2.05, 4.69) is 0 Å². The van der Waals surface area contributed by atoms with Crippen molar-refractivity contribution in [1.29, 1.82) is 0 Å². The van der Waals surface area contributed by atoms with Gasteiger partial charge in [-0.25, -0.2) is 17.6 Å². The fraction of sp³-hybridized carbons (Fsp3) is 0.222. The largest absolute Gasteiger partial charge is 0.490 e. The predicted molar refractivity (Wildman–Crippen MR) is 57.6 cm³/mol. The fourth-order valence-electron chi connectivity index (χ4n) is 1.16. The van der Waals surface area contributed by atoms with Crippen LogP contribution in [0.25, 0.3) is 0 Å². The van der Waals surface area contributed by atoms with E-state index in [1.165, 1.54) is 6.92 Å². The molecule has 0 unspecified atom stereocenters. The number of halogens is 2. The van der Waals surface area contributed by atoms with E-state index >= 15 is 0 Å². The van der Waals surface area contributed by atoms with E-state index in [-0.39, 0.29) is 6.61 Å². The molecule has 5 nitrogen and oxygen atoms in total. The minimum Gasteiger partial charge on any atom is -0.490 e. The van der Waals surface area contributed by atoms with Gasteiger partial charge >= 0.3 is 5.97 Å². The average molecular weight is 283 g/mol. The Hall–Kier alpha value is -1.34. The lowest BCUT2D eigenvalue weighted by atomic mass is 10.2. The molecule has 0 fully saturated rings. The first-order chi connectivity index (χ1) is 7.77.